The molecule has 4 rings (SSSR count). The van der Waals surface area contributed by atoms with Crippen LogP contribution in [0.4, 0.5) is 13.2 Å². The number of rotatable bonds is 7. The Labute approximate surface area is 223 Å². The van der Waals surface area contributed by atoms with Crippen LogP contribution in [0.3, 0.4) is 0 Å². The zero-order chi connectivity index (χ0) is 28.6. The minimum Gasteiger partial charge on any atom is -0.376 e. The highest BCUT2D eigenvalue weighted by Crippen LogP contribution is 2.34. The predicted molar refractivity (Wildman–Crippen MR) is 132 cm³/mol. The molecule has 0 aromatic heterocycles. The van der Waals surface area contributed by atoms with E-state index in [1.807, 2.05) is 0 Å². The molecule has 1 aliphatic carbocycles. The van der Waals surface area contributed by atoms with Crippen LogP contribution in [-0.4, -0.2) is 57.6 Å². The molecule has 1 aliphatic heterocycles. The standard InChI is InChI=1S/C24H26F3N3O7S2/c1-15-5-8-18(9-6-15)38(33,34)30-12-11-28-23(32)21(30)14-22(31)29-20-4-2-3-16-13-17(7-10-19(16)20)37-39(35,36)24(25,26)27/h5-10,13,20-21H,2-4,11-12,14H2,1H3,(H,28,32)(H,29,31). The average molecular weight is 590 g/mol. The van der Waals surface area contributed by atoms with E-state index >= 15 is 0 Å². The minimum atomic E-state index is -5.83. The van der Waals surface area contributed by atoms with Crippen molar-refractivity contribution in [2.45, 2.75) is 55.1 Å². The van der Waals surface area contributed by atoms with Crippen LogP contribution in [0.2, 0.25) is 0 Å². The molecule has 2 aromatic rings. The van der Waals surface area contributed by atoms with Crippen molar-refractivity contribution in [3.63, 3.8) is 0 Å². The highest BCUT2D eigenvalue weighted by molar-refractivity contribution is 7.89. The van der Waals surface area contributed by atoms with Gasteiger partial charge in [0.25, 0.3) is 0 Å². The van der Waals surface area contributed by atoms with E-state index in [4.69, 9.17) is 0 Å². The van der Waals surface area contributed by atoms with Gasteiger partial charge < -0.3 is 14.8 Å². The Morgan fingerprint density at radius 2 is 1.82 bits per heavy atom. The van der Waals surface area contributed by atoms with Gasteiger partial charge in [-0.05, 0) is 61.6 Å². The van der Waals surface area contributed by atoms with Gasteiger partial charge in [-0.3, -0.25) is 9.59 Å². The van der Waals surface area contributed by atoms with Crippen molar-refractivity contribution in [2.24, 2.45) is 0 Å². The number of halogens is 3. The lowest BCUT2D eigenvalue weighted by molar-refractivity contribution is -0.132. The van der Waals surface area contributed by atoms with Crippen LogP contribution in [0.1, 0.15) is 42.0 Å². The van der Waals surface area contributed by atoms with Crippen molar-refractivity contribution in [3.05, 3.63) is 59.2 Å². The van der Waals surface area contributed by atoms with Gasteiger partial charge in [-0.2, -0.15) is 25.9 Å². The van der Waals surface area contributed by atoms with Crippen LogP contribution >= 0.6 is 0 Å². The van der Waals surface area contributed by atoms with Gasteiger partial charge in [-0.25, -0.2) is 8.42 Å². The van der Waals surface area contributed by atoms with Crippen molar-refractivity contribution in [2.75, 3.05) is 13.1 Å². The SMILES string of the molecule is Cc1ccc(S(=O)(=O)N2CCNC(=O)C2CC(=O)NC2CCCc3cc(OS(=O)(=O)C(F)(F)F)ccc32)cc1. The normalized spacial score (nSPS) is 20.6. The first-order chi connectivity index (χ1) is 18.2. The number of alkyl halides is 3. The van der Waals surface area contributed by atoms with E-state index in [-0.39, 0.29) is 18.0 Å². The maximum Gasteiger partial charge on any atom is 0.534 e. The number of sulfonamides is 1. The number of amides is 2. The Balaban J connectivity index is 1.50. The molecule has 2 amide bonds. The van der Waals surface area contributed by atoms with Gasteiger partial charge in [0.15, 0.2) is 0 Å². The van der Waals surface area contributed by atoms with Crippen LogP contribution in [0.5, 0.6) is 5.75 Å². The van der Waals surface area contributed by atoms with Gasteiger partial charge in [0.1, 0.15) is 11.8 Å². The lowest BCUT2D eigenvalue weighted by Gasteiger charge is -2.34. The first-order valence-corrected chi connectivity index (χ1v) is 14.8. The molecule has 2 aliphatic rings. The molecule has 2 unspecified atom stereocenters. The van der Waals surface area contributed by atoms with E-state index in [9.17, 15) is 39.6 Å². The van der Waals surface area contributed by atoms with E-state index < -0.39 is 61.7 Å². The number of aryl methyl sites for hydroxylation is 2. The van der Waals surface area contributed by atoms with Gasteiger partial charge in [0, 0.05) is 13.1 Å². The van der Waals surface area contributed by atoms with Crippen molar-refractivity contribution < 1.29 is 43.8 Å². The lowest BCUT2D eigenvalue weighted by atomic mass is 9.87. The number of hydrogen-bond acceptors (Lipinski definition) is 7. The second-order valence-electron chi connectivity index (χ2n) is 9.30. The Hall–Kier alpha value is -3.17. The van der Waals surface area contributed by atoms with Gasteiger partial charge in [0.05, 0.1) is 17.4 Å². The second-order valence-corrected chi connectivity index (χ2v) is 12.7. The Kier molecular flexibility index (Phi) is 7.96. The van der Waals surface area contributed by atoms with Gasteiger partial charge >= 0.3 is 15.6 Å². The maximum atomic E-state index is 13.3. The number of fused-ring (bicyclic) bond motifs is 1. The number of hydrogen-bond donors (Lipinski definition) is 2. The number of nitrogens with one attached hydrogen (secondary N) is 2. The summed E-state index contributed by atoms with van der Waals surface area (Å²) in [5.74, 6) is -1.71. The van der Waals surface area contributed by atoms with E-state index in [2.05, 4.69) is 14.8 Å². The fourth-order valence-corrected chi connectivity index (χ4v) is 6.66. The number of carbonyl (C=O) groups is 2. The van der Waals surface area contributed by atoms with Crippen LogP contribution in [0.15, 0.2) is 47.4 Å². The molecule has 2 atom stereocenters. The molecule has 15 heteroatoms. The molecule has 0 bridgehead atoms. The molecular formula is C24H26F3N3O7S2. The second kappa shape index (κ2) is 10.8. The molecule has 39 heavy (non-hydrogen) atoms. The van der Waals surface area contributed by atoms with Crippen molar-refractivity contribution in [1.82, 2.24) is 14.9 Å². The van der Waals surface area contributed by atoms with E-state index in [1.165, 1.54) is 24.3 Å². The highest BCUT2D eigenvalue weighted by atomic mass is 32.2. The summed E-state index contributed by atoms with van der Waals surface area (Å²) in [6.07, 6.45) is 0.972. The number of piperazine rings is 1. The monoisotopic (exact) mass is 589 g/mol. The van der Waals surface area contributed by atoms with Crippen molar-refractivity contribution in [1.29, 1.82) is 0 Å². The van der Waals surface area contributed by atoms with Gasteiger partial charge in [-0.15, -0.1) is 0 Å². The molecule has 2 N–H and O–H groups in total. The third-order valence-corrected chi connectivity index (χ3v) is 9.44. The van der Waals surface area contributed by atoms with Crippen molar-refractivity contribution in [3.8, 4) is 5.75 Å². The van der Waals surface area contributed by atoms with Crippen LogP contribution in [0, 0.1) is 6.92 Å². The summed E-state index contributed by atoms with van der Waals surface area (Å²) in [4.78, 5) is 25.7. The Bertz CT molecular complexity index is 1480. The van der Waals surface area contributed by atoms with E-state index in [1.54, 1.807) is 19.1 Å². The first kappa shape index (κ1) is 28.8. The number of nitrogens with zero attached hydrogens (tertiary/aromatic N) is 1. The Morgan fingerprint density at radius 1 is 1.13 bits per heavy atom. The molecule has 1 heterocycles. The maximum absolute atomic E-state index is 13.3. The number of benzene rings is 2. The third kappa shape index (κ3) is 6.20. The van der Waals surface area contributed by atoms with Crippen LogP contribution in [-0.2, 0) is 36.2 Å². The largest absolute Gasteiger partial charge is 0.534 e. The highest BCUT2D eigenvalue weighted by Gasteiger charge is 2.48. The zero-order valence-corrected chi connectivity index (χ0v) is 22.3. The summed E-state index contributed by atoms with van der Waals surface area (Å²) >= 11 is 0. The molecule has 1 fully saturated rings. The molecule has 1 saturated heterocycles. The average Bonchev–Trinajstić information content (AvgIpc) is 2.84. The van der Waals surface area contributed by atoms with E-state index in [0.29, 0.717) is 30.4 Å². The summed E-state index contributed by atoms with van der Waals surface area (Å²) in [6, 6.07) is 7.90. The summed E-state index contributed by atoms with van der Waals surface area (Å²) < 4.78 is 92.4. The molecule has 212 valence electrons. The van der Waals surface area contributed by atoms with Crippen LogP contribution in [0.25, 0.3) is 0 Å². The smallest absolute Gasteiger partial charge is 0.376 e. The summed E-state index contributed by atoms with van der Waals surface area (Å²) in [7, 11) is -9.90. The molecular weight excluding hydrogens is 563 g/mol. The Morgan fingerprint density at radius 3 is 2.49 bits per heavy atom. The molecule has 0 saturated carbocycles. The first-order valence-electron chi connectivity index (χ1n) is 12.0. The van der Waals surface area contributed by atoms with E-state index in [0.717, 1.165) is 15.9 Å². The molecule has 10 nitrogen and oxygen atoms in total. The topological polar surface area (TPSA) is 139 Å². The van der Waals surface area contributed by atoms with Gasteiger partial charge in [0.2, 0.25) is 21.8 Å². The fraction of sp³-hybridized carbons (Fsp3) is 0.417. The third-order valence-electron chi connectivity index (χ3n) is 6.54. The fourth-order valence-electron chi connectivity index (χ4n) is 4.62. The quantitative estimate of drug-likeness (QED) is 0.373. The predicted octanol–water partition coefficient (Wildman–Crippen LogP) is 2.30. The van der Waals surface area contributed by atoms with Crippen molar-refractivity contribution >= 4 is 32.0 Å². The summed E-state index contributed by atoms with van der Waals surface area (Å²) in [6.45, 7) is 1.88. The number of carbonyl (C=O) groups excluding carboxylic acids is 2. The zero-order valence-electron chi connectivity index (χ0n) is 20.7. The minimum absolute atomic E-state index is 0.0000218. The molecule has 0 spiro atoms. The summed E-state index contributed by atoms with van der Waals surface area (Å²) in [5, 5.41) is 5.36. The van der Waals surface area contributed by atoms with Crippen LogP contribution < -0.4 is 14.8 Å². The summed E-state index contributed by atoms with van der Waals surface area (Å²) in [5.41, 5.74) is -3.66. The molecule has 2 aromatic carbocycles. The van der Waals surface area contributed by atoms with Gasteiger partial charge in [-0.1, -0.05) is 23.8 Å². The molecule has 0 radical (unpaired) electrons. The lowest BCUT2D eigenvalue weighted by Crippen LogP contribution is -2.58.